The average molecular weight is 397 g/mol. The second kappa shape index (κ2) is 7.94. The lowest BCUT2D eigenvalue weighted by molar-refractivity contribution is 0.100. The van der Waals surface area contributed by atoms with E-state index in [9.17, 15) is 4.79 Å². The van der Waals surface area contributed by atoms with Gasteiger partial charge in [0.1, 0.15) is 23.2 Å². The molecule has 2 aromatic rings. The number of anilines is 2. The molecule has 1 aromatic carbocycles. The van der Waals surface area contributed by atoms with Gasteiger partial charge < -0.3 is 21.5 Å². The lowest BCUT2D eigenvalue weighted by Gasteiger charge is -2.25. The molecule has 0 bridgehead atoms. The van der Waals surface area contributed by atoms with Crippen molar-refractivity contribution in [3.63, 3.8) is 0 Å². The zero-order valence-corrected chi connectivity index (χ0v) is 17.1. The smallest absolute Gasteiger partial charge is 0.313 e. The van der Waals surface area contributed by atoms with Crippen molar-refractivity contribution in [3.8, 4) is 11.3 Å². The zero-order chi connectivity index (χ0) is 21.2. The van der Waals surface area contributed by atoms with Gasteiger partial charge in [0.05, 0.1) is 12.1 Å². The van der Waals surface area contributed by atoms with E-state index < -0.39 is 11.4 Å². The van der Waals surface area contributed by atoms with Crippen LogP contribution in [0.15, 0.2) is 34.3 Å². The van der Waals surface area contributed by atoms with Gasteiger partial charge in [-0.15, -0.1) is 0 Å². The fraction of sp³-hybridized carbons (Fsp3) is 0.400. The van der Waals surface area contributed by atoms with Gasteiger partial charge in [-0.25, -0.2) is 14.7 Å². The van der Waals surface area contributed by atoms with Crippen LogP contribution >= 0.6 is 0 Å². The number of nitrogens with one attached hydrogen (secondary N) is 1. The Morgan fingerprint density at radius 2 is 2.00 bits per heavy atom. The largest absolute Gasteiger partial charge is 0.464 e. The normalized spacial score (nSPS) is 16.4. The van der Waals surface area contributed by atoms with Gasteiger partial charge in [0.15, 0.2) is 0 Å². The Hall–Kier alpha value is -3.36. The molecule has 1 aromatic heterocycles. The molecule has 9 nitrogen and oxygen atoms in total. The number of aliphatic imine (C=N–C) groups is 2. The van der Waals surface area contributed by atoms with Crippen LogP contribution in [0.3, 0.4) is 0 Å². The summed E-state index contributed by atoms with van der Waals surface area (Å²) in [6, 6.07) is 7.47. The second-order valence-corrected chi connectivity index (χ2v) is 7.69. The molecule has 1 amide bonds. The Labute approximate surface area is 169 Å². The number of benzene rings is 1. The van der Waals surface area contributed by atoms with E-state index >= 15 is 0 Å². The fourth-order valence-electron chi connectivity index (χ4n) is 3.02. The predicted octanol–water partition coefficient (Wildman–Crippen LogP) is 2.59. The van der Waals surface area contributed by atoms with E-state index in [4.69, 9.17) is 21.3 Å². The van der Waals surface area contributed by atoms with Crippen LogP contribution in [0.1, 0.15) is 44.5 Å². The van der Waals surface area contributed by atoms with Crippen LogP contribution in [0, 0.1) is 0 Å². The second-order valence-electron chi connectivity index (χ2n) is 7.69. The van der Waals surface area contributed by atoms with Crippen LogP contribution in [0.25, 0.3) is 11.3 Å². The molecule has 2 heterocycles. The van der Waals surface area contributed by atoms with Crippen LogP contribution in [0.5, 0.6) is 0 Å². The molecule has 0 aliphatic carbocycles. The summed E-state index contributed by atoms with van der Waals surface area (Å²) in [7, 11) is 0. The number of nitrogens with two attached hydrogens (primary N) is 2. The average Bonchev–Trinajstić information content (AvgIpc) is 3.02. The highest BCUT2D eigenvalue weighted by Gasteiger charge is 2.30. The third-order valence-electron chi connectivity index (χ3n) is 4.32. The number of aromatic nitrogens is 2. The van der Waals surface area contributed by atoms with Crippen LogP contribution in [0.2, 0.25) is 0 Å². The van der Waals surface area contributed by atoms with Crippen LogP contribution < -0.4 is 16.8 Å². The summed E-state index contributed by atoms with van der Waals surface area (Å²) in [6.07, 6.45) is 1.92. The number of hydrogen-bond acceptors (Lipinski definition) is 7. The minimum atomic E-state index is -0.576. The number of rotatable bonds is 5. The first-order chi connectivity index (χ1) is 13.7. The Balaban J connectivity index is 2.10. The van der Waals surface area contributed by atoms with Crippen molar-refractivity contribution in [2.75, 3.05) is 17.7 Å². The van der Waals surface area contributed by atoms with E-state index in [0.29, 0.717) is 41.8 Å². The topological polar surface area (TPSA) is 133 Å². The van der Waals surface area contributed by atoms with Gasteiger partial charge in [0.2, 0.25) is 0 Å². The summed E-state index contributed by atoms with van der Waals surface area (Å²) in [5, 5.41) is 8.03. The molecule has 0 radical (unpaired) electrons. The van der Waals surface area contributed by atoms with Crippen molar-refractivity contribution in [1.29, 1.82) is 0 Å². The molecule has 1 aliphatic heterocycles. The number of primary amides is 1. The molecule has 154 valence electrons. The third-order valence-corrected chi connectivity index (χ3v) is 4.32. The molecule has 3 rings (SSSR count). The van der Waals surface area contributed by atoms with Gasteiger partial charge in [-0.05, 0) is 39.8 Å². The highest BCUT2D eigenvalue weighted by atomic mass is 16.5. The Morgan fingerprint density at radius 3 is 2.59 bits per heavy atom. The number of amidine groups is 1. The number of nitrogens with zero attached hydrogens (tertiary/aromatic N) is 4. The Bertz CT molecular complexity index is 952. The number of hydrogen-bond donors (Lipinski definition) is 3. The number of carbonyl (C=O) groups excluding carboxylic acids is 1. The minimum Gasteiger partial charge on any atom is -0.464 e. The number of amides is 1. The maximum atomic E-state index is 12.4. The van der Waals surface area contributed by atoms with E-state index in [1.807, 2.05) is 39.8 Å². The van der Waals surface area contributed by atoms with Crippen molar-refractivity contribution in [2.24, 2.45) is 15.7 Å². The first-order valence-electron chi connectivity index (χ1n) is 9.49. The maximum absolute atomic E-state index is 12.4. The van der Waals surface area contributed by atoms with Crippen LogP contribution in [0.4, 0.5) is 11.5 Å². The molecule has 0 fully saturated rings. The maximum Gasteiger partial charge on any atom is 0.313 e. The summed E-state index contributed by atoms with van der Waals surface area (Å²) in [6.45, 7) is 8.34. The van der Waals surface area contributed by atoms with E-state index in [-0.39, 0.29) is 6.17 Å². The predicted molar refractivity (Wildman–Crippen MR) is 115 cm³/mol. The molecule has 0 saturated carbocycles. The molecule has 0 saturated heterocycles. The zero-order valence-electron chi connectivity index (χ0n) is 17.1. The monoisotopic (exact) mass is 397 g/mol. The van der Waals surface area contributed by atoms with E-state index in [1.54, 1.807) is 23.0 Å². The van der Waals surface area contributed by atoms with Crippen LogP contribution in [-0.2, 0) is 10.3 Å². The summed E-state index contributed by atoms with van der Waals surface area (Å²) < 4.78 is 7.16. The molecule has 1 aliphatic rings. The van der Waals surface area contributed by atoms with Gasteiger partial charge in [-0.1, -0.05) is 12.1 Å². The third kappa shape index (κ3) is 4.39. The number of carbonyl (C=O) groups is 1. The first kappa shape index (κ1) is 20.4. The summed E-state index contributed by atoms with van der Waals surface area (Å²) in [5.41, 5.74) is 13.3. The van der Waals surface area contributed by atoms with Crippen molar-refractivity contribution in [2.45, 2.75) is 45.8 Å². The lowest BCUT2D eigenvalue weighted by Crippen LogP contribution is -2.31. The molecule has 1 unspecified atom stereocenters. The van der Waals surface area contributed by atoms with Gasteiger partial charge >= 0.3 is 6.02 Å². The summed E-state index contributed by atoms with van der Waals surface area (Å²) in [5.74, 6) is -0.0648. The molecule has 9 heteroatoms. The molecule has 1 atom stereocenters. The van der Waals surface area contributed by atoms with Crippen molar-refractivity contribution < 1.29 is 9.53 Å². The molecule has 0 spiro atoms. The minimum absolute atomic E-state index is 0.303. The van der Waals surface area contributed by atoms with Gasteiger partial charge in [-0.2, -0.15) is 5.10 Å². The van der Waals surface area contributed by atoms with Crippen molar-refractivity contribution in [1.82, 2.24) is 9.78 Å². The van der Waals surface area contributed by atoms with Gasteiger partial charge in [0, 0.05) is 23.9 Å². The molecule has 29 heavy (non-hydrogen) atoms. The highest BCUT2D eigenvalue weighted by molar-refractivity contribution is 6.04. The Morgan fingerprint density at radius 1 is 1.31 bits per heavy atom. The standard InChI is InChI=1S/C20H27N7O2/c1-5-29-19-23-11-10-14(25-19)24-18-15(17(22)28)16(26-27(18)20(2,3)4)12-6-8-13(21)9-7-12/h6-9,11,14,24H,5,10,21H2,1-4H3,(H2,22,28). The van der Waals surface area contributed by atoms with Crippen molar-refractivity contribution in [3.05, 3.63) is 29.8 Å². The van der Waals surface area contributed by atoms with Gasteiger partial charge in [0.25, 0.3) is 5.91 Å². The Kier molecular flexibility index (Phi) is 5.58. The quantitative estimate of drug-likeness (QED) is 0.667. The highest BCUT2D eigenvalue weighted by Crippen LogP contribution is 2.33. The molecular weight excluding hydrogens is 370 g/mol. The summed E-state index contributed by atoms with van der Waals surface area (Å²) in [4.78, 5) is 21.0. The van der Waals surface area contributed by atoms with Crippen molar-refractivity contribution >= 4 is 29.6 Å². The molecule has 5 N–H and O–H groups in total. The van der Waals surface area contributed by atoms with E-state index in [2.05, 4.69) is 15.3 Å². The SMILES string of the molecule is CCOC1=NC(Nc2c(C(N)=O)c(-c3ccc(N)cc3)nn2C(C)(C)C)CC=N1. The molecular formula is C20H27N7O2. The lowest BCUT2D eigenvalue weighted by atomic mass is 10.1. The first-order valence-corrected chi connectivity index (χ1v) is 9.49. The van der Waals surface area contributed by atoms with Gasteiger partial charge in [-0.3, -0.25) is 4.79 Å². The van der Waals surface area contributed by atoms with E-state index in [1.165, 1.54) is 0 Å². The number of ether oxygens (including phenoxy) is 1. The van der Waals surface area contributed by atoms with E-state index in [0.717, 1.165) is 5.56 Å². The van der Waals surface area contributed by atoms with Crippen LogP contribution in [-0.4, -0.2) is 40.7 Å². The fourth-order valence-corrected chi connectivity index (χ4v) is 3.02. The number of nitrogen functional groups attached to an aromatic ring is 1. The summed E-state index contributed by atoms with van der Waals surface area (Å²) >= 11 is 0.